The SMILES string of the molecule is O=C(O)CN1C(=O)/C(=C\c2ccc3c(c2)CCc2ccccc2N3)SC1=S. The van der Waals surface area contributed by atoms with Crippen LogP contribution in [0.25, 0.3) is 6.08 Å². The third-order valence-electron chi connectivity index (χ3n) is 4.54. The summed E-state index contributed by atoms with van der Waals surface area (Å²) >= 11 is 6.28. The van der Waals surface area contributed by atoms with Crippen molar-refractivity contribution in [3.05, 3.63) is 64.1 Å². The largest absolute Gasteiger partial charge is 0.480 e. The predicted octanol–water partition coefficient (Wildman–Crippen LogP) is 3.81. The van der Waals surface area contributed by atoms with Gasteiger partial charge in [0.05, 0.1) is 4.91 Å². The molecular weight excluding hydrogens is 380 g/mol. The van der Waals surface area contributed by atoms with Crippen molar-refractivity contribution in [3.8, 4) is 0 Å². The zero-order chi connectivity index (χ0) is 19.0. The van der Waals surface area contributed by atoms with E-state index in [9.17, 15) is 9.59 Å². The Morgan fingerprint density at radius 3 is 2.74 bits per heavy atom. The molecule has 0 bridgehead atoms. The molecule has 0 saturated carbocycles. The minimum atomic E-state index is -1.08. The van der Waals surface area contributed by atoms with Crippen LogP contribution in [0, 0.1) is 0 Å². The van der Waals surface area contributed by atoms with Crippen LogP contribution in [0.4, 0.5) is 11.4 Å². The maximum absolute atomic E-state index is 12.4. The first-order valence-electron chi connectivity index (χ1n) is 8.46. The predicted molar refractivity (Wildman–Crippen MR) is 111 cm³/mol. The number of fused-ring (bicyclic) bond motifs is 2. The molecule has 2 heterocycles. The number of thiocarbonyl (C=S) groups is 1. The standard InChI is InChI=1S/C20H16N2O3S2/c23-18(24)11-22-19(25)17(27-20(22)26)10-12-5-8-16-14(9-12)7-6-13-3-1-2-4-15(13)21-16/h1-5,8-10,21H,6-7,11H2,(H,23,24)/b17-10+. The smallest absolute Gasteiger partial charge is 0.323 e. The highest BCUT2D eigenvalue weighted by molar-refractivity contribution is 8.26. The van der Waals surface area contributed by atoms with Crippen LogP contribution in [-0.4, -0.2) is 32.7 Å². The molecule has 0 aromatic heterocycles. The molecule has 4 rings (SSSR count). The summed E-state index contributed by atoms with van der Waals surface area (Å²) in [6.07, 6.45) is 3.63. The number of nitrogens with one attached hydrogen (secondary N) is 1. The summed E-state index contributed by atoms with van der Waals surface area (Å²) in [7, 11) is 0. The lowest BCUT2D eigenvalue weighted by Gasteiger charge is -2.11. The molecule has 136 valence electrons. The number of amides is 1. The third-order valence-corrected chi connectivity index (χ3v) is 5.92. The molecule has 2 aliphatic heterocycles. The highest BCUT2D eigenvalue weighted by Crippen LogP contribution is 2.34. The van der Waals surface area contributed by atoms with Crippen molar-refractivity contribution < 1.29 is 14.7 Å². The van der Waals surface area contributed by atoms with Gasteiger partial charge in [0.25, 0.3) is 5.91 Å². The first-order chi connectivity index (χ1) is 13.0. The number of hydrogen-bond donors (Lipinski definition) is 2. The van der Waals surface area contributed by atoms with E-state index in [0.29, 0.717) is 4.91 Å². The van der Waals surface area contributed by atoms with Crippen LogP contribution in [0.5, 0.6) is 0 Å². The van der Waals surface area contributed by atoms with Crippen LogP contribution < -0.4 is 5.32 Å². The van der Waals surface area contributed by atoms with Crippen molar-refractivity contribution in [2.45, 2.75) is 12.8 Å². The van der Waals surface area contributed by atoms with Crippen LogP contribution in [-0.2, 0) is 22.4 Å². The number of carbonyl (C=O) groups excluding carboxylic acids is 1. The fourth-order valence-corrected chi connectivity index (χ4v) is 4.48. The molecule has 2 aliphatic rings. The van der Waals surface area contributed by atoms with Crippen LogP contribution in [0.15, 0.2) is 47.4 Å². The number of benzene rings is 2. The fraction of sp³-hybridized carbons (Fsp3) is 0.150. The second-order valence-corrected chi connectivity index (χ2v) is 8.04. The van der Waals surface area contributed by atoms with Crippen LogP contribution >= 0.6 is 24.0 Å². The molecule has 2 aromatic carbocycles. The van der Waals surface area contributed by atoms with Gasteiger partial charge in [0.1, 0.15) is 10.9 Å². The van der Waals surface area contributed by atoms with E-state index in [1.54, 1.807) is 6.08 Å². The van der Waals surface area contributed by atoms with Crippen LogP contribution in [0.2, 0.25) is 0 Å². The fourth-order valence-electron chi connectivity index (χ4n) is 3.23. The summed E-state index contributed by atoms with van der Waals surface area (Å²) in [6.45, 7) is -0.408. The van der Waals surface area contributed by atoms with Crippen LogP contribution in [0.1, 0.15) is 16.7 Å². The lowest BCUT2D eigenvalue weighted by Crippen LogP contribution is -2.33. The number of thioether (sulfide) groups is 1. The minimum Gasteiger partial charge on any atom is -0.480 e. The number of hydrogen-bond acceptors (Lipinski definition) is 5. The first kappa shape index (κ1) is 17.8. The second-order valence-electron chi connectivity index (χ2n) is 6.36. The lowest BCUT2D eigenvalue weighted by molar-refractivity contribution is -0.140. The van der Waals surface area contributed by atoms with Crippen molar-refractivity contribution in [3.63, 3.8) is 0 Å². The second kappa shape index (κ2) is 7.17. The third kappa shape index (κ3) is 3.61. The minimum absolute atomic E-state index is 0.278. The van der Waals surface area contributed by atoms with Crippen molar-refractivity contribution in [2.75, 3.05) is 11.9 Å². The van der Waals surface area contributed by atoms with Gasteiger partial charge in [-0.3, -0.25) is 14.5 Å². The molecule has 0 atom stereocenters. The zero-order valence-corrected chi connectivity index (χ0v) is 15.9. The molecule has 27 heavy (non-hydrogen) atoms. The first-order valence-corrected chi connectivity index (χ1v) is 9.69. The molecular formula is C20H16N2O3S2. The van der Waals surface area contributed by atoms with Gasteiger partial charge in [-0.1, -0.05) is 48.2 Å². The molecule has 0 aliphatic carbocycles. The van der Waals surface area contributed by atoms with Gasteiger partial charge in [-0.05, 0) is 53.8 Å². The Hall–Kier alpha value is -2.64. The number of rotatable bonds is 3. The average molecular weight is 396 g/mol. The highest BCUT2D eigenvalue weighted by atomic mass is 32.2. The molecule has 1 fully saturated rings. The number of aryl methyl sites for hydroxylation is 2. The van der Waals surface area contributed by atoms with E-state index < -0.39 is 12.5 Å². The van der Waals surface area contributed by atoms with E-state index >= 15 is 0 Å². The Kier molecular flexibility index (Phi) is 4.72. The van der Waals surface area contributed by atoms with Gasteiger partial charge in [-0.15, -0.1) is 0 Å². The highest BCUT2D eigenvalue weighted by Gasteiger charge is 2.33. The number of aliphatic carboxylic acids is 1. The molecule has 0 unspecified atom stereocenters. The van der Waals surface area contributed by atoms with E-state index in [1.165, 1.54) is 11.1 Å². The van der Waals surface area contributed by atoms with Gasteiger partial charge in [-0.2, -0.15) is 0 Å². The molecule has 2 aromatic rings. The Morgan fingerprint density at radius 2 is 1.93 bits per heavy atom. The Labute approximate surface area is 166 Å². The summed E-state index contributed by atoms with van der Waals surface area (Å²) < 4.78 is 0.278. The average Bonchev–Trinajstić information content (AvgIpc) is 2.82. The van der Waals surface area contributed by atoms with Gasteiger partial charge >= 0.3 is 5.97 Å². The number of nitrogens with zero attached hydrogens (tertiary/aromatic N) is 1. The summed E-state index contributed by atoms with van der Waals surface area (Å²) in [5.74, 6) is -1.43. The van der Waals surface area contributed by atoms with Crippen molar-refractivity contribution in [1.82, 2.24) is 4.90 Å². The monoisotopic (exact) mass is 396 g/mol. The van der Waals surface area contributed by atoms with Gasteiger partial charge in [0, 0.05) is 11.4 Å². The van der Waals surface area contributed by atoms with Gasteiger partial charge in [0.2, 0.25) is 0 Å². The molecule has 5 nitrogen and oxygen atoms in total. The quantitative estimate of drug-likeness (QED) is 0.607. The van der Waals surface area contributed by atoms with Crippen molar-refractivity contribution in [2.24, 2.45) is 0 Å². The number of carboxylic acid groups (broad SMARTS) is 1. The maximum Gasteiger partial charge on any atom is 0.323 e. The zero-order valence-electron chi connectivity index (χ0n) is 14.3. The number of para-hydroxylation sites is 1. The van der Waals surface area contributed by atoms with Gasteiger partial charge in [-0.25, -0.2) is 0 Å². The van der Waals surface area contributed by atoms with Gasteiger partial charge in [0.15, 0.2) is 0 Å². The normalized spacial score (nSPS) is 17.3. The number of carboxylic acids is 1. The molecule has 7 heteroatoms. The van der Waals surface area contributed by atoms with Gasteiger partial charge < -0.3 is 10.4 Å². The number of anilines is 2. The maximum atomic E-state index is 12.4. The summed E-state index contributed by atoms with van der Waals surface area (Å²) in [5.41, 5.74) is 5.55. The topological polar surface area (TPSA) is 69.6 Å². The van der Waals surface area contributed by atoms with E-state index in [2.05, 4.69) is 23.5 Å². The van der Waals surface area contributed by atoms with Crippen LogP contribution in [0.3, 0.4) is 0 Å². The van der Waals surface area contributed by atoms with E-state index in [4.69, 9.17) is 17.3 Å². The summed E-state index contributed by atoms with van der Waals surface area (Å²) in [5, 5.41) is 12.4. The lowest BCUT2D eigenvalue weighted by atomic mass is 10.0. The number of carbonyl (C=O) groups is 2. The van der Waals surface area contributed by atoms with E-state index in [1.807, 2.05) is 24.3 Å². The van der Waals surface area contributed by atoms with Crippen molar-refractivity contribution >= 4 is 57.6 Å². The molecule has 0 spiro atoms. The summed E-state index contributed by atoms with van der Waals surface area (Å²) in [6, 6.07) is 14.3. The van der Waals surface area contributed by atoms with E-state index in [-0.39, 0.29) is 10.2 Å². The van der Waals surface area contributed by atoms with Crippen molar-refractivity contribution in [1.29, 1.82) is 0 Å². The molecule has 0 radical (unpaired) electrons. The molecule has 1 saturated heterocycles. The molecule has 1 amide bonds. The molecule has 2 N–H and O–H groups in total. The Balaban J connectivity index is 1.60. The Morgan fingerprint density at radius 1 is 1.19 bits per heavy atom. The van der Waals surface area contributed by atoms with E-state index in [0.717, 1.165) is 46.4 Å². The Bertz CT molecular complexity index is 1000. The summed E-state index contributed by atoms with van der Waals surface area (Å²) in [4.78, 5) is 24.9.